The van der Waals surface area contributed by atoms with Gasteiger partial charge in [0.15, 0.2) is 0 Å². The Balaban J connectivity index is 3.18. The second-order valence-corrected chi connectivity index (χ2v) is 6.30. The smallest absolute Gasteiger partial charge is 0.461 e. The Morgan fingerprint density at radius 2 is 1.65 bits per heavy atom. The molecule has 0 aliphatic carbocycles. The van der Waals surface area contributed by atoms with Crippen molar-refractivity contribution >= 4 is 34.5 Å². The van der Waals surface area contributed by atoms with Crippen LogP contribution in [0.25, 0.3) is 0 Å². The minimum atomic E-state index is -5.55. The molecule has 31 heavy (non-hydrogen) atoms. The lowest BCUT2D eigenvalue weighted by atomic mass is 10.2. The number of esters is 1. The summed E-state index contributed by atoms with van der Waals surface area (Å²) in [6, 6.07) is 1.18. The summed E-state index contributed by atoms with van der Waals surface area (Å²) in [5.74, 6) is -2.03. The average molecular weight is 478 g/mol. The van der Waals surface area contributed by atoms with Crippen LogP contribution in [-0.4, -0.2) is 35.7 Å². The molecule has 0 saturated heterocycles. The third-order valence-electron chi connectivity index (χ3n) is 3.46. The standard InChI is InChI=1S/C17H18ClF6N3O4/c1-3-5-12(18)27-31-15(17(22,23)24,13(28)30-4-2)26-14(29)25-11-8-6-10(7-9-11)16(19,20)21/h6-9H,3-5H2,1-2H3,(H2,25,26,29). The molecule has 0 heterocycles. The highest BCUT2D eigenvalue weighted by Crippen LogP contribution is 2.34. The Labute approximate surface area is 177 Å². The molecule has 7 nitrogen and oxygen atoms in total. The summed E-state index contributed by atoms with van der Waals surface area (Å²) in [6.07, 6.45) is -9.79. The van der Waals surface area contributed by atoms with Crippen LogP contribution >= 0.6 is 11.6 Å². The molecule has 2 amide bonds. The third kappa shape index (κ3) is 7.19. The predicted octanol–water partition coefficient (Wildman–Crippen LogP) is 5.02. The molecule has 0 radical (unpaired) electrons. The molecule has 1 aromatic rings. The van der Waals surface area contributed by atoms with Crippen LogP contribution in [0.15, 0.2) is 29.4 Å². The zero-order chi connectivity index (χ0) is 23.9. The van der Waals surface area contributed by atoms with Gasteiger partial charge in [-0.2, -0.15) is 26.3 Å². The number of hydrogen-bond acceptors (Lipinski definition) is 5. The fourth-order valence-corrected chi connectivity index (χ4v) is 2.24. The first-order chi connectivity index (χ1) is 14.3. The number of ether oxygens (including phenoxy) is 1. The van der Waals surface area contributed by atoms with Crippen LogP contribution in [0.3, 0.4) is 0 Å². The summed E-state index contributed by atoms with van der Waals surface area (Å²) >= 11 is 5.62. The Kier molecular flexibility index (Phi) is 8.97. The van der Waals surface area contributed by atoms with Crippen LogP contribution < -0.4 is 10.6 Å². The average Bonchev–Trinajstić information content (AvgIpc) is 2.64. The summed E-state index contributed by atoms with van der Waals surface area (Å²) in [5.41, 5.74) is -5.40. The molecular weight excluding hydrogens is 460 g/mol. The van der Waals surface area contributed by atoms with E-state index in [2.05, 4.69) is 14.7 Å². The molecule has 0 fully saturated rings. The van der Waals surface area contributed by atoms with Gasteiger partial charge in [0, 0.05) is 12.1 Å². The zero-order valence-corrected chi connectivity index (χ0v) is 16.9. The maximum atomic E-state index is 13.8. The number of carbonyl (C=O) groups excluding carboxylic acids is 2. The molecule has 1 aromatic carbocycles. The van der Waals surface area contributed by atoms with Gasteiger partial charge in [-0.05, 0) is 37.6 Å². The highest BCUT2D eigenvalue weighted by Gasteiger charge is 2.67. The predicted molar refractivity (Wildman–Crippen MR) is 98.3 cm³/mol. The van der Waals surface area contributed by atoms with Crippen LogP contribution in [0.2, 0.25) is 0 Å². The van der Waals surface area contributed by atoms with Crippen molar-refractivity contribution in [1.82, 2.24) is 5.32 Å². The highest BCUT2D eigenvalue weighted by molar-refractivity contribution is 6.65. The Hall–Kier alpha value is -2.70. The minimum absolute atomic E-state index is 0.0239. The molecule has 14 heteroatoms. The molecule has 0 aromatic heterocycles. The maximum absolute atomic E-state index is 13.8. The molecule has 1 rings (SSSR count). The first-order valence-electron chi connectivity index (χ1n) is 8.67. The zero-order valence-electron chi connectivity index (χ0n) is 16.2. The lowest BCUT2D eigenvalue weighted by molar-refractivity contribution is -0.284. The van der Waals surface area contributed by atoms with Gasteiger partial charge in [-0.15, -0.1) is 0 Å². The summed E-state index contributed by atoms with van der Waals surface area (Å²) in [4.78, 5) is 28.5. The topological polar surface area (TPSA) is 89.0 Å². The lowest BCUT2D eigenvalue weighted by Crippen LogP contribution is -2.66. The quantitative estimate of drug-likeness (QED) is 0.181. The molecule has 2 N–H and O–H groups in total. The fraction of sp³-hybridized carbons (Fsp3) is 0.471. The van der Waals surface area contributed by atoms with Crippen LogP contribution in [0.4, 0.5) is 36.8 Å². The van der Waals surface area contributed by atoms with E-state index in [9.17, 15) is 35.9 Å². The molecule has 0 spiro atoms. The monoisotopic (exact) mass is 477 g/mol. The Morgan fingerprint density at radius 3 is 2.10 bits per heavy atom. The van der Waals surface area contributed by atoms with Gasteiger partial charge in [-0.25, -0.2) is 9.59 Å². The molecule has 1 unspecified atom stereocenters. The van der Waals surface area contributed by atoms with Crippen LogP contribution in [0, 0.1) is 0 Å². The van der Waals surface area contributed by atoms with Gasteiger partial charge in [0.1, 0.15) is 5.17 Å². The number of urea groups is 1. The van der Waals surface area contributed by atoms with Crippen molar-refractivity contribution in [2.45, 2.75) is 44.8 Å². The molecule has 0 aliphatic rings. The third-order valence-corrected chi connectivity index (χ3v) is 3.72. The minimum Gasteiger partial charge on any atom is -0.461 e. The van der Waals surface area contributed by atoms with E-state index in [0.29, 0.717) is 18.6 Å². The van der Waals surface area contributed by atoms with E-state index in [1.165, 1.54) is 12.2 Å². The normalized spacial score (nSPS) is 14.4. The van der Waals surface area contributed by atoms with Crippen molar-refractivity contribution in [3.05, 3.63) is 29.8 Å². The number of halogens is 7. The molecular formula is C17H18ClF6N3O4. The molecule has 0 bridgehead atoms. The molecule has 174 valence electrons. The summed E-state index contributed by atoms with van der Waals surface area (Å²) in [5, 5.41) is 5.79. The van der Waals surface area contributed by atoms with Gasteiger partial charge in [0.25, 0.3) is 0 Å². The number of nitrogens with one attached hydrogen (secondary N) is 2. The first-order valence-corrected chi connectivity index (χ1v) is 9.05. The van der Waals surface area contributed by atoms with Gasteiger partial charge in [-0.3, -0.25) is 5.32 Å². The van der Waals surface area contributed by atoms with Gasteiger partial charge in [-0.1, -0.05) is 23.7 Å². The van der Waals surface area contributed by atoms with Crippen molar-refractivity contribution in [3.63, 3.8) is 0 Å². The van der Waals surface area contributed by atoms with E-state index in [-0.39, 0.29) is 12.1 Å². The summed E-state index contributed by atoms with van der Waals surface area (Å²) < 4.78 is 83.4. The van der Waals surface area contributed by atoms with Crippen LogP contribution in [-0.2, 0) is 20.5 Å². The van der Waals surface area contributed by atoms with Gasteiger partial charge >= 0.3 is 30.1 Å². The molecule has 0 aliphatic heterocycles. The van der Waals surface area contributed by atoms with E-state index in [1.54, 1.807) is 6.92 Å². The summed E-state index contributed by atoms with van der Waals surface area (Å²) in [6.45, 7) is 2.37. The second-order valence-electron chi connectivity index (χ2n) is 5.86. The van der Waals surface area contributed by atoms with Crippen LogP contribution in [0.5, 0.6) is 0 Å². The van der Waals surface area contributed by atoms with Gasteiger partial charge in [0.2, 0.25) is 0 Å². The number of nitrogens with zero attached hydrogens (tertiary/aromatic N) is 1. The first kappa shape index (κ1) is 26.3. The number of hydrogen-bond donors (Lipinski definition) is 2. The Bertz CT molecular complexity index is 799. The Morgan fingerprint density at radius 1 is 1.06 bits per heavy atom. The van der Waals surface area contributed by atoms with E-state index >= 15 is 0 Å². The number of amides is 2. The highest BCUT2D eigenvalue weighted by atomic mass is 35.5. The van der Waals surface area contributed by atoms with Crippen molar-refractivity contribution < 1.29 is 45.5 Å². The van der Waals surface area contributed by atoms with E-state index in [0.717, 1.165) is 12.1 Å². The van der Waals surface area contributed by atoms with Crippen molar-refractivity contribution in [1.29, 1.82) is 0 Å². The van der Waals surface area contributed by atoms with Crippen molar-refractivity contribution in [2.24, 2.45) is 5.16 Å². The van der Waals surface area contributed by atoms with Gasteiger partial charge in [0.05, 0.1) is 12.2 Å². The van der Waals surface area contributed by atoms with E-state index in [4.69, 9.17) is 11.6 Å². The molecule has 1 atom stereocenters. The second kappa shape index (κ2) is 10.6. The summed E-state index contributed by atoms with van der Waals surface area (Å²) in [7, 11) is 0. The van der Waals surface area contributed by atoms with E-state index in [1.807, 2.05) is 5.32 Å². The maximum Gasteiger partial charge on any atom is 0.463 e. The SMILES string of the molecule is CCCC(Cl)=NOC(NC(=O)Nc1ccc(C(F)(F)F)cc1)(C(=O)OCC)C(F)(F)F. The van der Waals surface area contributed by atoms with E-state index < -0.39 is 47.4 Å². The van der Waals surface area contributed by atoms with Gasteiger partial charge < -0.3 is 14.9 Å². The lowest BCUT2D eigenvalue weighted by Gasteiger charge is -2.31. The number of anilines is 1. The number of benzene rings is 1. The number of oxime groups is 1. The number of rotatable bonds is 8. The number of carbonyl (C=O) groups is 2. The van der Waals surface area contributed by atoms with Crippen molar-refractivity contribution in [3.8, 4) is 0 Å². The number of alkyl halides is 6. The van der Waals surface area contributed by atoms with Crippen LogP contribution in [0.1, 0.15) is 32.3 Å². The van der Waals surface area contributed by atoms with Crippen molar-refractivity contribution in [2.75, 3.05) is 11.9 Å². The largest absolute Gasteiger partial charge is 0.463 e. The molecule has 0 saturated carbocycles. The fourth-order valence-electron chi connectivity index (χ4n) is 2.02.